The Morgan fingerprint density at radius 1 is 1.24 bits per heavy atom. The number of rotatable bonds is 8. The predicted molar refractivity (Wildman–Crippen MR) is 128 cm³/mol. The molecule has 1 aromatic carbocycles. The number of furan rings is 1. The van der Waals surface area contributed by atoms with Crippen molar-refractivity contribution >= 4 is 29.4 Å². The molecule has 0 saturated carbocycles. The molecule has 34 heavy (non-hydrogen) atoms. The van der Waals surface area contributed by atoms with E-state index in [1.165, 1.54) is 0 Å². The average molecular weight is 485 g/mol. The van der Waals surface area contributed by atoms with Crippen molar-refractivity contribution in [1.82, 2.24) is 20.4 Å². The van der Waals surface area contributed by atoms with Gasteiger partial charge in [-0.2, -0.15) is 0 Å². The van der Waals surface area contributed by atoms with E-state index in [1.807, 2.05) is 26.8 Å². The third kappa shape index (κ3) is 4.55. The van der Waals surface area contributed by atoms with Crippen molar-refractivity contribution in [1.29, 1.82) is 0 Å². The highest BCUT2D eigenvalue weighted by atomic mass is 35.5. The third-order valence-electron chi connectivity index (χ3n) is 6.17. The van der Waals surface area contributed by atoms with Crippen molar-refractivity contribution in [2.75, 3.05) is 13.1 Å². The highest BCUT2D eigenvalue weighted by Gasteiger charge is 2.47. The van der Waals surface area contributed by atoms with Crippen LogP contribution in [0, 0.1) is 5.92 Å². The average Bonchev–Trinajstić information content (AvgIpc) is 3.44. The van der Waals surface area contributed by atoms with Crippen LogP contribution in [0.15, 0.2) is 58.3 Å². The number of benzene rings is 1. The number of hydrogen-bond donors (Lipinski definition) is 2. The number of likely N-dealkylation sites (N-methyl/N-ethyl adjacent to an activating group) is 1. The Labute approximate surface area is 203 Å². The molecule has 2 N–H and O–H groups in total. The van der Waals surface area contributed by atoms with Crippen LogP contribution < -0.4 is 10.6 Å². The molecule has 2 aliphatic rings. The minimum Gasteiger partial charge on any atom is -0.467 e. The maximum absolute atomic E-state index is 13.8. The maximum atomic E-state index is 13.8. The smallest absolute Gasteiger partial charge is 0.322 e. The molecule has 4 amide bonds. The Bertz CT molecular complexity index is 1110. The lowest BCUT2D eigenvalue weighted by atomic mass is 9.95. The van der Waals surface area contributed by atoms with Crippen LogP contribution in [-0.2, 0) is 16.1 Å². The second-order valence-corrected chi connectivity index (χ2v) is 9.29. The zero-order chi connectivity index (χ0) is 24.4. The lowest BCUT2D eigenvalue weighted by molar-refractivity contribution is -0.137. The summed E-state index contributed by atoms with van der Waals surface area (Å²) in [4.78, 5) is 43.1. The zero-order valence-corrected chi connectivity index (χ0v) is 20.3. The van der Waals surface area contributed by atoms with Gasteiger partial charge in [-0.3, -0.25) is 14.5 Å². The number of nitrogens with zero attached hydrogens (tertiary/aromatic N) is 2. The van der Waals surface area contributed by atoms with Gasteiger partial charge in [0.25, 0.3) is 5.91 Å². The highest BCUT2D eigenvalue weighted by molar-refractivity contribution is 6.31. The fraction of sp³-hybridized carbons (Fsp3) is 0.400. The van der Waals surface area contributed by atoms with Gasteiger partial charge in [-0.15, -0.1) is 0 Å². The Morgan fingerprint density at radius 2 is 2.00 bits per heavy atom. The molecule has 9 heteroatoms. The number of hydrogen-bond acceptors (Lipinski definition) is 4. The standard InChI is InChI=1S/C25H29ClN4O4/c1-4-29-20-14-30(19(12-15(2)3)23(31)27-13-16-8-7-11-34-16)24(32)21(20)22(28-25(29)33)17-9-5-6-10-18(17)26/h5-11,15,19,22H,4,12-14H2,1-3H3,(H,27,31)(H,28,33)/t19-,22-/m0/s1. The molecule has 0 saturated heterocycles. The number of halogens is 1. The van der Waals surface area contributed by atoms with Gasteiger partial charge in [0, 0.05) is 11.6 Å². The summed E-state index contributed by atoms with van der Waals surface area (Å²) in [6.07, 6.45) is 2.04. The summed E-state index contributed by atoms with van der Waals surface area (Å²) >= 11 is 6.44. The van der Waals surface area contributed by atoms with E-state index < -0.39 is 12.1 Å². The fourth-order valence-electron chi connectivity index (χ4n) is 4.57. The van der Waals surface area contributed by atoms with Gasteiger partial charge >= 0.3 is 6.03 Å². The van der Waals surface area contributed by atoms with Crippen LogP contribution in [0.25, 0.3) is 0 Å². The Kier molecular flexibility index (Phi) is 6.97. The van der Waals surface area contributed by atoms with Gasteiger partial charge in [-0.05, 0) is 43.0 Å². The number of carbonyl (C=O) groups is 3. The monoisotopic (exact) mass is 484 g/mol. The van der Waals surface area contributed by atoms with Gasteiger partial charge in [0.05, 0.1) is 36.7 Å². The fourth-order valence-corrected chi connectivity index (χ4v) is 4.81. The molecule has 8 nitrogen and oxygen atoms in total. The topological polar surface area (TPSA) is 94.9 Å². The zero-order valence-electron chi connectivity index (χ0n) is 19.5. The summed E-state index contributed by atoms with van der Waals surface area (Å²) in [6, 6.07) is 9.04. The van der Waals surface area contributed by atoms with Gasteiger partial charge < -0.3 is 20.0 Å². The maximum Gasteiger partial charge on any atom is 0.322 e. The molecule has 0 spiro atoms. The molecule has 180 valence electrons. The van der Waals surface area contributed by atoms with E-state index in [9.17, 15) is 14.4 Å². The largest absolute Gasteiger partial charge is 0.467 e. The van der Waals surface area contributed by atoms with Crippen molar-refractivity contribution in [3.8, 4) is 0 Å². The molecule has 4 rings (SSSR count). The van der Waals surface area contributed by atoms with Gasteiger partial charge in [0.2, 0.25) is 5.91 Å². The summed E-state index contributed by atoms with van der Waals surface area (Å²) in [6.45, 7) is 6.70. The van der Waals surface area contributed by atoms with E-state index in [1.54, 1.807) is 46.4 Å². The van der Waals surface area contributed by atoms with Crippen LogP contribution in [-0.4, -0.2) is 46.8 Å². The first kappa shape index (κ1) is 23.9. The molecule has 0 fully saturated rings. The predicted octanol–water partition coefficient (Wildman–Crippen LogP) is 3.85. The SMILES string of the molecule is CCN1C(=O)N[C@@H](c2ccccc2Cl)C2=C1CN([C@@H](CC(C)C)C(=O)NCc1ccco1)C2=O. The molecule has 1 aromatic heterocycles. The van der Waals surface area contributed by atoms with Crippen LogP contribution >= 0.6 is 11.6 Å². The summed E-state index contributed by atoms with van der Waals surface area (Å²) < 4.78 is 5.31. The van der Waals surface area contributed by atoms with E-state index in [2.05, 4.69) is 10.6 Å². The normalized spacial score (nSPS) is 18.9. The molecule has 0 bridgehead atoms. The van der Waals surface area contributed by atoms with Crippen molar-refractivity contribution in [3.05, 3.63) is 70.3 Å². The van der Waals surface area contributed by atoms with E-state index in [4.69, 9.17) is 16.0 Å². The molecule has 2 aliphatic heterocycles. The van der Waals surface area contributed by atoms with E-state index in [0.717, 1.165) is 0 Å². The molecule has 0 radical (unpaired) electrons. The van der Waals surface area contributed by atoms with Crippen LogP contribution in [0.5, 0.6) is 0 Å². The first-order valence-electron chi connectivity index (χ1n) is 11.5. The highest BCUT2D eigenvalue weighted by Crippen LogP contribution is 2.39. The lowest BCUT2D eigenvalue weighted by Crippen LogP contribution is -2.49. The molecular weight excluding hydrogens is 456 g/mol. The summed E-state index contributed by atoms with van der Waals surface area (Å²) in [5.74, 6) is 0.283. The minimum absolute atomic E-state index is 0.172. The van der Waals surface area contributed by atoms with Crippen molar-refractivity contribution in [3.63, 3.8) is 0 Å². The molecule has 2 aromatic rings. The Morgan fingerprint density at radius 3 is 2.65 bits per heavy atom. The first-order chi connectivity index (χ1) is 16.3. The first-order valence-corrected chi connectivity index (χ1v) is 11.9. The second kappa shape index (κ2) is 9.93. The Hall–Kier alpha value is -3.26. The molecule has 3 heterocycles. The lowest BCUT2D eigenvalue weighted by Gasteiger charge is -2.33. The van der Waals surface area contributed by atoms with Crippen LogP contribution in [0.4, 0.5) is 4.79 Å². The van der Waals surface area contributed by atoms with Gasteiger partial charge in [-0.25, -0.2) is 4.79 Å². The summed E-state index contributed by atoms with van der Waals surface area (Å²) in [5.41, 5.74) is 1.73. The second-order valence-electron chi connectivity index (χ2n) is 8.88. The summed E-state index contributed by atoms with van der Waals surface area (Å²) in [5, 5.41) is 6.29. The third-order valence-corrected chi connectivity index (χ3v) is 6.52. The van der Waals surface area contributed by atoms with E-state index in [0.29, 0.717) is 40.6 Å². The summed E-state index contributed by atoms with van der Waals surface area (Å²) in [7, 11) is 0. The van der Waals surface area contributed by atoms with Gasteiger partial charge in [-0.1, -0.05) is 43.6 Å². The van der Waals surface area contributed by atoms with Crippen LogP contribution in [0.2, 0.25) is 5.02 Å². The van der Waals surface area contributed by atoms with Gasteiger partial charge in [0.1, 0.15) is 11.8 Å². The molecule has 0 aliphatic carbocycles. The number of nitrogens with one attached hydrogen (secondary N) is 2. The van der Waals surface area contributed by atoms with Crippen molar-refractivity contribution < 1.29 is 18.8 Å². The van der Waals surface area contributed by atoms with Crippen LogP contribution in [0.3, 0.4) is 0 Å². The van der Waals surface area contributed by atoms with Crippen LogP contribution in [0.1, 0.15) is 44.6 Å². The number of urea groups is 1. The number of carbonyl (C=O) groups excluding carboxylic acids is 3. The Balaban J connectivity index is 1.66. The van der Waals surface area contributed by atoms with Crippen molar-refractivity contribution in [2.45, 2.75) is 45.8 Å². The van der Waals surface area contributed by atoms with E-state index in [-0.39, 0.29) is 36.9 Å². The molecular formula is C25H29ClN4O4. The quantitative estimate of drug-likeness (QED) is 0.595. The molecule has 0 unspecified atom stereocenters. The number of amides is 4. The minimum atomic E-state index is -0.686. The van der Waals surface area contributed by atoms with Crippen molar-refractivity contribution in [2.24, 2.45) is 5.92 Å². The van der Waals surface area contributed by atoms with E-state index >= 15 is 0 Å². The molecule has 2 atom stereocenters. The van der Waals surface area contributed by atoms with Gasteiger partial charge in [0.15, 0.2) is 0 Å².